The molecule has 7 nitrogen and oxygen atoms in total. The zero-order valence-corrected chi connectivity index (χ0v) is 18.9. The molecule has 0 N–H and O–H groups in total. The molecule has 168 valence electrons. The van der Waals surface area contributed by atoms with Crippen molar-refractivity contribution < 1.29 is 9.53 Å². The average molecular weight is 450 g/mol. The zero-order chi connectivity index (χ0) is 23.2. The molecule has 7 heteroatoms. The lowest BCUT2D eigenvalue weighted by molar-refractivity contribution is -0.121. The van der Waals surface area contributed by atoms with E-state index >= 15 is 0 Å². The predicted molar refractivity (Wildman–Crippen MR) is 129 cm³/mol. The summed E-state index contributed by atoms with van der Waals surface area (Å²) in [4.78, 5) is 21.9. The highest BCUT2D eigenvalue weighted by atomic mass is 16.5. The molecule has 1 aromatic heterocycles. The number of fused-ring (bicyclic) bond motifs is 2. The van der Waals surface area contributed by atoms with Crippen molar-refractivity contribution in [3.63, 3.8) is 0 Å². The van der Waals surface area contributed by atoms with Crippen LogP contribution in [0.1, 0.15) is 22.6 Å². The Morgan fingerprint density at radius 3 is 2.79 bits per heavy atom. The Labute approximate surface area is 197 Å². The predicted octanol–water partition coefficient (Wildman–Crippen LogP) is 4.22. The highest BCUT2D eigenvalue weighted by molar-refractivity contribution is 6.05. The van der Waals surface area contributed by atoms with Gasteiger partial charge in [-0.05, 0) is 48.2 Å². The number of nitrogens with zero attached hydrogens (tertiary/aromatic N) is 5. The third-order valence-corrected chi connectivity index (χ3v) is 6.58. The molecule has 0 saturated carbocycles. The molecule has 4 aromatic rings. The maximum absolute atomic E-state index is 13.2. The summed E-state index contributed by atoms with van der Waals surface area (Å²) in [6.07, 6.45) is 2.05. The van der Waals surface area contributed by atoms with Gasteiger partial charge in [-0.2, -0.15) is 5.26 Å². The Hall–Kier alpha value is -4.15. The van der Waals surface area contributed by atoms with Crippen LogP contribution in [0.2, 0.25) is 0 Å². The lowest BCUT2D eigenvalue weighted by atomic mass is 10.1. The normalized spacial score (nSPS) is 17.5. The maximum Gasteiger partial charge on any atom is 0.241 e. The first-order chi connectivity index (χ1) is 16.6. The first-order valence-electron chi connectivity index (χ1n) is 11.4. The van der Waals surface area contributed by atoms with E-state index in [-0.39, 0.29) is 5.91 Å². The molecule has 1 atom stereocenters. The highest BCUT2D eigenvalue weighted by Gasteiger charge is 2.27. The Morgan fingerprint density at radius 2 is 1.94 bits per heavy atom. The van der Waals surface area contributed by atoms with Gasteiger partial charge in [-0.25, -0.2) is 4.98 Å². The zero-order valence-electron chi connectivity index (χ0n) is 18.9. The van der Waals surface area contributed by atoms with Crippen LogP contribution in [0.25, 0.3) is 10.8 Å². The van der Waals surface area contributed by atoms with Gasteiger partial charge in [-0.15, -0.1) is 0 Å². The number of carbonyl (C=O) groups is 1. The summed E-state index contributed by atoms with van der Waals surface area (Å²) in [5.41, 5.74) is 3.33. The number of aryl methyl sites for hydroxylation is 1. The van der Waals surface area contributed by atoms with E-state index in [9.17, 15) is 10.1 Å². The van der Waals surface area contributed by atoms with Crippen LogP contribution < -0.4 is 9.64 Å². The van der Waals surface area contributed by atoms with Crippen LogP contribution in [0.5, 0.6) is 11.5 Å². The molecule has 8 bridgehead atoms. The lowest BCUT2D eigenvalue weighted by Crippen LogP contribution is -2.50. The summed E-state index contributed by atoms with van der Waals surface area (Å²) in [5.74, 6) is 2.13. The molecule has 3 aromatic carbocycles. The molecule has 1 fully saturated rings. The Morgan fingerprint density at radius 1 is 1.03 bits per heavy atom. The number of nitriles is 1. The number of imidazole rings is 1. The maximum atomic E-state index is 13.2. The van der Waals surface area contributed by atoms with Crippen LogP contribution in [0.4, 0.5) is 5.69 Å². The molecule has 1 unspecified atom stereocenters. The number of carbonyl (C=O) groups excluding carboxylic acids is 1. The van der Waals surface area contributed by atoms with Crippen molar-refractivity contribution >= 4 is 22.4 Å². The van der Waals surface area contributed by atoms with E-state index in [1.807, 2.05) is 66.6 Å². The lowest BCUT2D eigenvalue weighted by Gasteiger charge is -2.34. The van der Waals surface area contributed by atoms with E-state index in [1.54, 1.807) is 6.07 Å². The van der Waals surface area contributed by atoms with Crippen LogP contribution in [-0.2, 0) is 17.9 Å². The van der Waals surface area contributed by atoms with Gasteiger partial charge in [-0.3, -0.25) is 9.69 Å². The standard InChI is InChI=1S/C27H23N5O2/c1-18-29-22-15-30-9-10-32(27(33)17-30)25-4-2-3-20-7-8-23(12-24(20)25)34-26-11-19(14-31(18)16-22)5-6-21(26)13-28/h2-8,11-12,16H,9-10,14-15,17H2,1H3. The fourth-order valence-electron chi connectivity index (χ4n) is 4.85. The van der Waals surface area contributed by atoms with Crippen LogP contribution in [0, 0.1) is 18.3 Å². The van der Waals surface area contributed by atoms with Crippen LogP contribution in [0.15, 0.2) is 60.8 Å². The molecule has 1 saturated heterocycles. The van der Waals surface area contributed by atoms with Crippen molar-refractivity contribution in [3.8, 4) is 17.6 Å². The smallest absolute Gasteiger partial charge is 0.241 e. The number of amides is 1. The number of anilines is 1. The Kier molecular flexibility index (Phi) is 4.82. The van der Waals surface area contributed by atoms with Gasteiger partial charge in [0.05, 0.1) is 23.5 Å². The minimum absolute atomic E-state index is 0.0731. The molecule has 0 spiro atoms. The van der Waals surface area contributed by atoms with Gasteiger partial charge in [0.15, 0.2) is 0 Å². The molecular formula is C27H23N5O2. The average Bonchev–Trinajstić information content (AvgIpc) is 3.17. The topological polar surface area (TPSA) is 74.4 Å². The second-order valence-electron chi connectivity index (χ2n) is 8.87. The van der Waals surface area contributed by atoms with Gasteiger partial charge in [0.1, 0.15) is 23.4 Å². The first kappa shape index (κ1) is 20.5. The van der Waals surface area contributed by atoms with Crippen molar-refractivity contribution in [1.82, 2.24) is 14.5 Å². The molecule has 34 heavy (non-hydrogen) atoms. The Bertz CT molecular complexity index is 1480. The van der Waals surface area contributed by atoms with E-state index in [0.717, 1.165) is 40.1 Å². The largest absolute Gasteiger partial charge is 0.456 e. The van der Waals surface area contributed by atoms with E-state index < -0.39 is 0 Å². The Balaban J connectivity index is 1.51. The van der Waals surface area contributed by atoms with Crippen molar-refractivity contribution in [2.75, 3.05) is 24.5 Å². The fraction of sp³-hybridized carbons (Fsp3) is 0.222. The van der Waals surface area contributed by atoms with Gasteiger partial charge in [0.25, 0.3) is 0 Å². The molecule has 3 aliphatic heterocycles. The number of rotatable bonds is 0. The number of benzene rings is 3. The number of aromatic nitrogens is 2. The number of hydrogen-bond donors (Lipinski definition) is 0. The number of piperazine rings is 1. The fourth-order valence-corrected chi connectivity index (χ4v) is 4.85. The molecule has 3 aliphatic rings. The highest BCUT2D eigenvalue weighted by Crippen LogP contribution is 2.34. The quantitative estimate of drug-likeness (QED) is 0.402. The molecule has 7 rings (SSSR count). The summed E-state index contributed by atoms with van der Waals surface area (Å²) < 4.78 is 8.34. The third-order valence-electron chi connectivity index (χ3n) is 6.58. The molecule has 0 aliphatic carbocycles. The minimum Gasteiger partial charge on any atom is -0.456 e. The van der Waals surface area contributed by atoms with Crippen molar-refractivity contribution in [2.24, 2.45) is 0 Å². The van der Waals surface area contributed by atoms with Crippen LogP contribution in [0.3, 0.4) is 0 Å². The van der Waals surface area contributed by atoms with Gasteiger partial charge in [-0.1, -0.05) is 24.3 Å². The van der Waals surface area contributed by atoms with Crippen LogP contribution >= 0.6 is 0 Å². The molecule has 4 heterocycles. The van der Waals surface area contributed by atoms with E-state index in [2.05, 4.69) is 15.5 Å². The summed E-state index contributed by atoms with van der Waals surface area (Å²) >= 11 is 0. The summed E-state index contributed by atoms with van der Waals surface area (Å²) in [6, 6.07) is 19.8. The molecule has 1 amide bonds. The molecular weight excluding hydrogens is 426 g/mol. The van der Waals surface area contributed by atoms with Gasteiger partial charge < -0.3 is 14.2 Å². The van der Waals surface area contributed by atoms with Crippen molar-refractivity contribution in [3.05, 3.63) is 83.4 Å². The van der Waals surface area contributed by atoms with Crippen LogP contribution in [-0.4, -0.2) is 40.0 Å². The third kappa shape index (κ3) is 3.58. The monoisotopic (exact) mass is 449 g/mol. The van der Waals surface area contributed by atoms with E-state index in [4.69, 9.17) is 9.72 Å². The second kappa shape index (κ2) is 8.01. The second-order valence-corrected chi connectivity index (χ2v) is 8.87. The first-order valence-corrected chi connectivity index (χ1v) is 11.4. The van der Waals surface area contributed by atoms with Gasteiger partial charge in [0.2, 0.25) is 5.91 Å². The van der Waals surface area contributed by atoms with Crippen molar-refractivity contribution in [1.29, 1.82) is 5.26 Å². The SMILES string of the molecule is Cc1nc2cn1Cc1ccc(C#N)c(c1)Oc1ccc3cccc(c3c1)N1CCN(CC1=O)C2. The van der Waals surface area contributed by atoms with Crippen molar-refractivity contribution in [2.45, 2.75) is 20.0 Å². The number of hydrogen-bond acceptors (Lipinski definition) is 5. The van der Waals surface area contributed by atoms with E-state index in [1.165, 1.54) is 0 Å². The van der Waals surface area contributed by atoms with E-state index in [0.29, 0.717) is 43.2 Å². The van der Waals surface area contributed by atoms with Gasteiger partial charge in [0, 0.05) is 37.8 Å². The van der Waals surface area contributed by atoms with Gasteiger partial charge >= 0.3 is 0 Å². The summed E-state index contributed by atoms with van der Waals surface area (Å²) in [5, 5.41) is 11.6. The summed E-state index contributed by atoms with van der Waals surface area (Å²) in [6.45, 7) is 4.98. The minimum atomic E-state index is 0.0731. The summed E-state index contributed by atoms with van der Waals surface area (Å²) in [7, 11) is 0. The number of ether oxygens (including phenoxy) is 1. The molecule has 0 radical (unpaired) electrons.